The number of carbonyl (C=O) groups excluding carboxylic acids is 1. The fraction of sp³-hybridized carbons (Fsp3) is 0.481. The van der Waals surface area contributed by atoms with E-state index in [0.29, 0.717) is 17.7 Å². The predicted octanol–water partition coefficient (Wildman–Crippen LogP) is 3.33. The third-order valence-corrected chi connectivity index (χ3v) is 7.67. The van der Waals surface area contributed by atoms with Crippen molar-refractivity contribution in [2.75, 3.05) is 18.4 Å². The van der Waals surface area contributed by atoms with Gasteiger partial charge in [0.1, 0.15) is 0 Å². The second-order valence-electron chi connectivity index (χ2n) is 10.0. The molecule has 2 aromatic heterocycles. The van der Waals surface area contributed by atoms with Crippen LogP contribution >= 0.6 is 0 Å². The number of piperidine rings is 1. The number of primary amides is 1. The minimum Gasteiger partial charge on any atom is -0.364 e. The summed E-state index contributed by atoms with van der Waals surface area (Å²) in [5, 5.41) is 8.31. The summed E-state index contributed by atoms with van der Waals surface area (Å²) in [6.45, 7) is 2.79. The van der Waals surface area contributed by atoms with Crippen molar-refractivity contribution in [3.63, 3.8) is 0 Å². The monoisotopic (exact) mass is 469 g/mol. The van der Waals surface area contributed by atoms with Crippen LogP contribution < -0.4 is 11.1 Å². The van der Waals surface area contributed by atoms with Gasteiger partial charge >= 0.3 is 0 Å². The first kappa shape index (κ1) is 22.1. The Balaban J connectivity index is 1.28. The van der Waals surface area contributed by atoms with Crippen LogP contribution in [0.3, 0.4) is 0 Å². The van der Waals surface area contributed by atoms with Crippen LogP contribution in [0.15, 0.2) is 24.4 Å². The van der Waals surface area contributed by atoms with Gasteiger partial charge in [-0.25, -0.2) is 9.97 Å². The number of rotatable bonds is 6. The van der Waals surface area contributed by atoms with Crippen LogP contribution in [0.4, 0.5) is 5.95 Å². The average molecular weight is 470 g/mol. The van der Waals surface area contributed by atoms with E-state index in [0.717, 1.165) is 86.2 Å². The largest absolute Gasteiger partial charge is 0.364 e. The molecule has 0 bridgehead atoms. The molecule has 6 rings (SSSR count). The average Bonchev–Trinajstić information content (AvgIpc) is 3.53. The molecular formula is C27H31N7O. The zero-order valence-electron chi connectivity index (χ0n) is 20.0. The van der Waals surface area contributed by atoms with Crippen molar-refractivity contribution in [2.24, 2.45) is 5.73 Å². The molecule has 0 unspecified atom stereocenters. The summed E-state index contributed by atoms with van der Waals surface area (Å²) in [4.78, 5) is 24.3. The van der Waals surface area contributed by atoms with Crippen molar-refractivity contribution in [3.05, 3.63) is 58.9 Å². The minimum absolute atomic E-state index is 0.201. The molecule has 0 radical (unpaired) electrons. The fourth-order valence-electron chi connectivity index (χ4n) is 5.84. The lowest BCUT2D eigenvalue weighted by Gasteiger charge is -2.33. The standard InChI is InChI=1S/C27H31N7O/c28-26(35)24-22-11-10-19-16-29-27(30-20-8-4-5-9-20)31-23(19)25(22)34(32-24)21-12-14-33(15-13-21)17-18-6-2-1-3-7-18/h1-2,6,16,20-21H,4-5,8-15,17H2,(H2,28,35)(H,29,30,31). The van der Waals surface area contributed by atoms with E-state index in [1.807, 2.05) is 18.3 Å². The minimum atomic E-state index is -0.463. The Morgan fingerprint density at radius 1 is 1.17 bits per heavy atom. The van der Waals surface area contributed by atoms with Crippen molar-refractivity contribution in [1.29, 1.82) is 0 Å². The second-order valence-corrected chi connectivity index (χ2v) is 10.0. The van der Waals surface area contributed by atoms with Gasteiger partial charge in [-0.05, 0) is 56.2 Å². The summed E-state index contributed by atoms with van der Waals surface area (Å²) in [5.41, 5.74) is 11.2. The van der Waals surface area contributed by atoms with Crippen LogP contribution in [0, 0.1) is 12.1 Å². The fourth-order valence-corrected chi connectivity index (χ4v) is 5.84. The summed E-state index contributed by atoms with van der Waals surface area (Å²) in [6, 6.07) is 12.9. The maximum Gasteiger partial charge on any atom is 0.269 e. The SMILES string of the molecule is NC(=O)c1nn(C2CCN(Cc3c#cccc3)CC2)c2c1CCc1cnc(NC3CCCC3)nc1-2. The predicted molar refractivity (Wildman–Crippen MR) is 133 cm³/mol. The highest BCUT2D eigenvalue weighted by Gasteiger charge is 2.33. The van der Waals surface area contributed by atoms with E-state index in [2.05, 4.69) is 38.1 Å². The summed E-state index contributed by atoms with van der Waals surface area (Å²) in [6.07, 6.45) is 10.2. The highest BCUT2D eigenvalue weighted by atomic mass is 16.1. The van der Waals surface area contributed by atoms with Gasteiger partial charge in [-0.3, -0.25) is 14.4 Å². The Morgan fingerprint density at radius 2 is 2.00 bits per heavy atom. The lowest BCUT2D eigenvalue weighted by atomic mass is 9.92. The molecule has 0 atom stereocenters. The summed E-state index contributed by atoms with van der Waals surface area (Å²) < 4.78 is 2.06. The van der Waals surface area contributed by atoms with E-state index >= 15 is 0 Å². The molecule has 2 fully saturated rings. The van der Waals surface area contributed by atoms with Crippen LogP contribution in [0.2, 0.25) is 0 Å². The zero-order valence-corrected chi connectivity index (χ0v) is 20.0. The summed E-state index contributed by atoms with van der Waals surface area (Å²) in [7, 11) is 0. The van der Waals surface area contributed by atoms with Gasteiger partial charge in [-0.2, -0.15) is 5.10 Å². The Labute approximate surface area is 205 Å². The second kappa shape index (κ2) is 9.31. The molecule has 8 heteroatoms. The highest BCUT2D eigenvalue weighted by molar-refractivity contribution is 5.94. The molecule has 3 aromatic rings. The van der Waals surface area contributed by atoms with E-state index in [1.54, 1.807) is 0 Å². The van der Waals surface area contributed by atoms with E-state index < -0.39 is 5.91 Å². The van der Waals surface area contributed by atoms with Gasteiger partial charge in [0.15, 0.2) is 5.69 Å². The first-order valence-electron chi connectivity index (χ1n) is 12.8. The molecule has 1 amide bonds. The maximum atomic E-state index is 12.3. The van der Waals surface area contributed by atoms with Gasteiger partial charge in [0.05, 0.1) is 17.4 Å². The number of aryl methyl sites for hydroxylation is 1. The zero-order chi connectivity index (χ0) is 23.8. The van der Waals surface area contributed by atoms with Gasteiger partial charge in [-0.15, -0.1) is 0 Å². The number of fused-ring (bicyclic) bond motifs is 3. The number of hydrogen-bond acceptors (Lipinski definition) is 6. The number of anilines is 1. The van der Waals surface area contributed by atoms with E-state index in [4.69, 9.17) is 15.8 Å². The van der Waals surface area contributed by atoms with Crippen LogP contribution in [0.5, 0.6) is 0 Å². The van der Waals surface area contributed by atoms with Crippen LogP contribution in [-0.4, -0.2) is 49.7 Å². The molecule has 8 nitrogen and oxygen atoms in total. The third kappa shape index (κ3) is 4.37. The number of hydrogen-bond donors (Lipinski definition) is 2. The first-order chi connectivity index (χ1) is 17.2. The Kier molecular flexibility index (Phi) is 5.86. The lowest BCUT2D eigenvalue weighted by Crippen LogP contribution is -2.34. The first-order valence-corrected chi connectivity index (χ1v) is 12.8. The molecule has 1 saturated heterocycles. The molecule has 1 saturated carbocycles. The van der Waals surface area contributed by atoms with Crippen LogP contribution in [0.25, 0.3) is 11.4 Å². The molecule has 0 spiro atoms. The van der Waals surface area contributed by atoms with Crippen LogP contribution in [-0.2, 0) is 19.4 Å². The van der Waals surface area contributed by atoms with E-state index in [-0.39, 0.29) is 6.04 Å². The summed E-state index contributed by atoms with van der Waals surface area (Å²) >= 11 is 0. The molecule has 3 heterocycles. The Hall–Kier alpha value is -3.44. The Morgan fingerprint density at radius 3 is 2.74 bits per heavy atom. The Bertz CT molecular complexity index is 1210. The van der Waals surface area contributed by atoms with Crippen molar-refractivity contribution >= 4 is 11.9 Å². The van der Waals surface area contributed by atoms with Crippen molar-refractivity contribution in [3.8, 4) is 11.4 Å². The number of aromatic nitrogens is 4. The molecule has 2 aliphatic carbocycles. The van der Waals surface area contributed by atoms with E-state index in [1.165, 1.54) is 12.8 Å². The van der Waals surface area contributed by atoms with Gasteiger partial charge < -0.3 is 11.1 Å². The molecular weight excluding hydrogens is 438 g/mol. The van der Waals surface area contributed by atoms with Gasteiger partial charge in [0.2, 0.25) is 5.95 Å². The van der Waals surface area contributed by atoms with Gasteiger partial charge in [-0.1, -0.05) is 31.0 Å². The third-order valence-electron chi connectivity index (χ3n) is 7.67. The number of carbonyl (C=O) groups is 1. The lowest BCUT2D eigenvalue weighted by molar-refractivity contribution is 0.0992. The molecule has 35 heavy (non-hydrogen) atoms. The molecule has 3 aliphatic rings. The van der Waals surface area contributed by atoms with Crippen molar-refractivity contribution in [1.82, 2.24) is 24.6 Å². The molecule has 180 valence electrons. The summed E-state index contributed by atoms with van der Waals surface area (Å²) in [5.74, 6) is 0.206. The molecule has 1 aromatic carbocycles. The normalized spacial score (nSPS) is 18.6. The topological polar surface area (TPSA) is 102 Å². The highest BCUT2D eigenvalue weighted by Crippen LogP contribution is 2.38. The number of nitrogens with zero attached hydrogens (tertiary/aromatic N) is 5. The number of likely N-dealkylation sites (tertiary alicyclic amines) is 1. The van der Waals surface area contributed by atoms with Crippen molar-refractivity contribution in [2.45, 2.75) is 70.0 Å². The number of nitrogens with two attached hydrogens (primary N) is 1. The number of amides is 1. The van der Waals surface area contributed by atoms with E-state index in [9.17, 15) is 4.79 Å². The maximum absolute atomic E-state index is 12.3. The van der Waals surface area contributed by atoms with Crippen molar-refractivity contribution < 1.29 is 4.79 Å². The number of nitrogens with one attached hydrogen (secondary N) is 1. The van der Waals surface area contributed by atoms with Gasteiger partial charge in [0.25, 0.3) is 5.91 Å². The quantitative estimate of drug-likeness (QED) is 0.574. The smallest absolute Gasteiger partial charge is 0.269 e. The molecule has 3 N–H and O–H groups in total. The molecule has 1 aliphatic heterocycles. The van der Waals surface area contributed by atoms with Crippen LogP contribution in [0.1, 0.15) is 71.7 Å². The van der Waals surface area contributed by atoms with Gasteiger partial charge in [0, 0.05) is 43.0 Å².